The van der Waals surface area contributed by atoms with Crippen LogP contribution in [0.2, 0.25) is 0 Å². The Morgan fingerprint density at radius 2 is 1.93 bits per heavy atom. The number of pyridine rings is 1. The van der Waals surface area contributed by atoms with Gasteiger partial charge in [0.2, 0.25) is 6.10 Å². The van der Waals surface area contributed by atoms with Gasteiger partial charge in [-0.25, -0.2) is 4.79 Å². The maximum atomic E-state index is 12.9. The Morgan fingerprint density at radius 3 is 2.67 bits per heavy atom. The van der Waals surface area contributed by atoms with Crippen molar-refractivity contribution in [3.8, 4) is 0 Å². The number of carbonyl (C=O) groups is 2. The van der Waals surface area contributed by atoms with Gasteiger partial charge in [-0.3, -0.25) is 9.78 Å². The smallest absolute Gasteiger partial charge is 0.356 e. The van der Waals surface area contributed by atoms with Crippen molar-refractivity contribution in [3.05, 3.63) is 89.2 Å². The molecule has 0 aliphatic heterocycles. The van der Waals surface area contributed by atoms with Crippen molar-refractivity contribution in [2.45, 2.75) is 12.5 Å². The third-order valence-electron chi connectivity index (χ3n) is 4.85. The predicted octanol–water partition coefficient (Wildman–Crippen LogP) is 3.89. The lowest BCUT2D eigenvalue weighted by Gasteiger charge is -2.17. The van der Waals surface area contributed by atoms with E-state index >= 15 is 0 Å². The molecule has 6 nitrogen and oxygen atoms in total. The quantitative estimate of drug-likeness (QED) is 0.461. The third-order valence-corrected chi connectivity index (χ3v) is 5.70. The largest absolute Gasteiger partial charge is 0.441 e. The molecule has 1 atom stereocenters. The zero-order chi connectivity index (χ0) is 20.9. The van der Waals surface area contributed by atoms with Gasteiger partial charge >= 0.3 is 5.97 Å². The monoisotopic (exact) mass is 419 g/mol. The lowest BCUT2D eigenvalue weighted by molar-refractivity contribution is -0.130. The van der Waals surface area contributed by atoms with Gasteiger partial charge in [0, 0.05) is 19.8 Å². The van der Waals surface area contributed by atoms with Gasteiger partial charge < -0.3 is 14.6 Å². The van der Waals surface area contributed by atoms with E-state index in [4.69, 9.17) is 4.74 Å². The Kier molecular flexibility index (Phi) is 5.90. The molecule has 3 aromatic heterocycles. The third kappa shape index (κ3) is 4.26. The lowest BCUT2D eigenvalue weighted by Crippen LogP contribution is -2.34. The SMILES string of the molecule is Cn1c(C(=O)O[C@H](C(=O)NCCc2ccccc2)c2ccccn2)cc2sccc21. The molecule has 3 heterocycles. The van der Waals surface area contributed by atoms with E-state index in [0.717, 1.165) is 15.8 Å². The first-order valence-electron chi connectivity index (χ1n) is 9.60. The molecule has 0 spiro atoms. The van der Waals surface area contributed by atoms with Crippen LogP contribution in [-0.2, 0) is 23.0 Å². The number of nitrogens with zero attached hydrogens (tertiary/aromatic N) is 2. The van der Waals surface area contributed by atoms with E-state index < -0.39 is 18.0 Å². The first-order valence-corrected chi connectivity index (χ1v) is 10.5. The van der Waals surface area contributed by atoms with Crippen LogP contribution in [0.4, 0.5) is 0 Å². The molecule has 0 radical (unpaired) electrons. The number of benzene rings is 1. The van der Waals surface area contributed by atoms with E-state index in [1.165, 1.54) is 0 Å². The van der Waals surface area contributed by atoms with Crippen molar-refractivity contribution in [2.75, 3.05) is 6.54 Å². The summed E-state index contributed by atoms with van der Waals surface area (Å²) in [5, 5.41) is 4.83. The molecule has 0 aliphatic rings. The van der Waals surface area contributed by atoms with Crippen LogP contribution in [0, 0.1) is 0 Å². The van der Waals surface area contributed by atoms with Crippen LogP contribution in [0.1, 0.15) is 27.8 Å². The fourth-order valence-corrected chi connectivity index (χ4v) is 4.11. The summed E-state index contributed by atoms with van der Waals surface area (Å²) in [6.45, 7) is 0.434. The number of thiophene rings is 1. The number of rotatable bonds is 7. The number of aromatic nitrogens is 2. The number of carbonyl (C=O) groups excluding carboxylic acids is 2. The van der Waals surface area contributed by atoms with E-state index in [9.17, 15) is 9.59 Å². The molecule has 0 unspecified atom stereocenters. The summed E-state index contributed by atoms with van der Waals surface area (Å²) in [5.74, 6) is -0.955. The Balaban J connectivity index is 1.49. The van der Waals surface area contributed by atoms with E-state index in [0.29, 0.717) is 24.4 Å². The fourth-order valence-electron chi connectivity index (χ4n) is 3.26. The molecule has 1 N–H and O–H groups in total. The number of fused-ring (bicyclic) bond motifs is 1. The van der Waals surface area contributed by atoms with Crippen LogP contribution >= 0.6 is 11.3 Å². The molecule has 1 amide bonds. The van der Waals surface area contributed by atoms with Gasteiger partial charge in [-0.15, -0.1) is 11.3 Å². The topological polar surface area (TPSA) is 73.2 Å². The maximum absolute atomic E-state index is 12.9. The first-order chi connectivity index (χ1) is 14.6. The van der Waals surface area contributed by atoms with E-state index in [-0.39, 0.29) is 0 Å². The number of ether oxygens (including phenoxy) is 1. The molecule has 0 saturated heterocycles. The zero-order valence-corrected chi connectivity index (χ0v) is 17.3. The second-order valence-electron chi connectivity index (χ2n) is 6.83. The number of hydrogen-bond acceptors (Lipinski definition) is 5. The molecule has 1 aromatic carbocycles. The lowest BCUT2D eigenvalue weighted by atomic mass is 10.1. The highest BCUT2D eigenvalue weighted by atomic mass is 32.1. The summed E-state index contributed by atoms with van der Waals surface area (Å²) in [6.07, 6.45) is 1.14. The molecule has 0 saturated carbocycles. The van der Waals surface area contributed by atoms with Crippen molar-refractivity contribution in [1.82, 2.24) is 14.9 Å². The molecule has 0 fully saturated rings. The molecular weight excluding hydrogens is 398 g/mol. The van der Waals surface area contributed by atoms with Gasteiger partial charge in [-0.2, -0.15) is 0 Å². The average molecular weight is 420 g/mol. The summed E-state index contributed by atoms with van der Waals surface area (Å²) in [5.41, 5.74) is 2.86. The maximum Gasteiger partial charge on any atom is 0.356 e. The molecule has 4 aromatic rings. The highest BCUT2D eigenvalue weighted by molar-refractivity contribution is 7.17. The molecule has 7 heteroatoms. The second kappa shape index (κ2) is 8.92. The normalized spacial score (nSPS) is 11.9. The van der Waals surface area contributed by atoms with Gasteiger partial charge in [0.25, 0.3) is 5.91 Å². The number of esters is 1. The predicted molar refractivity (Wildman–Crippen MR) is 116 cm³/mol. The molecule has 0 bridgehead atoms. The number of aryl methyl sites for hydroxylation is 1. The average Bonchev–Trinajstić information content (AvgIpc) is 3.36. The van der Waals surface area contributed by atoms with Crippen LogP contribution in [0.25, 0.3) is 10.2 Å². The van der Waals surface area contributed by atoms with Crippen molar-refractivity contribution >= 4 is 33.4 Å². The second-order valence-corrected chi connectivity index (χ2v) is 7.77. The zero-order valence-electron chi connectivity index (χ0n) is 16.4. The first kappa shape index (κ1) is 19.8. The Morgan fingerprint density at radius 1 is 1.13 bits per heavy atom. The highest BCUT2D eigenvalue weighted by Crippen LogP contribution is 2.26. The minimum absolute atomic E-state index is 0.388. The van der Waals surface area contributed by atoms with Gasteiger partial charge in [-0.1, -0.05) is 36.4 Å². The minimum Gasteiger partial charge on any atom is -0.441 e. The summed E-state index contributed by atoms with van der Waals surface area (Å²) in [4.78, 5) is 30.0. The molecule has 0 aliphatic carbocycles. The van der Waals surface area contributed by atoms with Crippen LogP contribution < -0.4 is 5.32 Å². The fraction of sp³-hybridized carbons (Fsp3) is 0.174. The van der Waals surface area contributed by atoms with E-state index in [1.54, 1.807) is 53.4 Å². The minimum atomic E-state index is -1.12. The molecular formula is C23H21N3O3S. The van der Waals surface area contributed by atoms with Crippen LogP contribution in [-0.4, -0.2) is 28.0 Å². The summed E-state index contributed by atoms with van der Waals surface area (Å²) in [7, 11) is 1.81. The number of hydrogen-bond donors (Lipinski definition) is 1. The van der Waals surface area contributed by atoms with Gasteiger partial charge in [0.1, 0.15) is 5.69 Å². The van der Waals surface area contributed by atoms with Crippen LogP contribution in [0.5, 0.6) is 0 Å². The number of amides is 1. The van der Waals surface area contributed by atoms with Crippen molar-refractivity contribution < 1.29 is 14.3 Å². The summed E-state index contributed by atoms with van der Waals surface area (Å²) >= 11 is 1.55. The van der Waals surface area contributed by atoms with Crippen LogP contribution in [0.15, 0.2) is 72.2 Å². The van der Waals surface area contributed by atoms with E-state index in [2.05, 4.69) is 10.3 Å². The Hall–Kier alpha value is -3.45. The van der Waals surface area contributed by atoms with E-state index in [1.807, 2.05) is 41.8 Å². The van der Waals surface area contributed by atoms with Gasteiger partial charge in [0.05, 0.1) is 15.9 Å². The van der Waals surface area contributed by atoms with Gasteiger partial charge in [0.15, 0.2) is 0 Å². The highest BCUT2D eigenvalue weighted by Gasteiger charge is 2.28. The van der Waals surface area contributed by atoms with Crippen LogP contribution in [0.3, 0.4) is 0 Å². The molecule has 4 rings (SSSR count). The van der Waals surface area contributed by atoms with Crippen molar-refractivity contribution in [2.24, 2.45) is 7.05 Å². The van der Waals surface area contributed by atoms with Gasteiger partial charge in [-0.05, 0) is 41.6 Å². The molecule has 152 valence electrons. The standard InChI is InChI=1S/C23H21N3O3S/c1-26-18-11-14-30-20(18)15-19(26)23(28)29-21(17-9-5-6-12-24-17)22(27)25-13-10-16-7-3-2-4-8-16/h2-9,11-12,14-15,21H,10,13H2,1H3,(H,25,27)/t21-/m0/s1. The summed E-state index contributed by atoms with van der Waals surface area (Å²) in [6, 6.07) is 18.8. The number of nitrogens with one attached hydrogen (secondary N) is 1. The van der Waals surface area contributed by atoms with Crippen molar-refractivity contribution in [3.63, 3.8) is 0 Å². The summed E-state index contributed by atoms with van der Waals surface area (Å²) < 4.78 is 8.40. The molecule has 30 heavy (non-hydrogen) atoms. The Bertz CT molecular complexity index is 1150. The Labute approximate surface area is 178 Å². The van der Waals surface area contributed by atoms with Crippen molar-refractivity contribution in [1.29, 1.82) is 0 Å².